The number of benzene rings is 1. The number of hydrogen-bond acceptors (Lipinski definition) is 2. The SMILES string of the molecule is CC1(CC(O)C(F)(F)F)CCSc2ccccc21. The Labute approximate surface area is 108 Å². The minimum absolute atomic E-state index is 0.270. The van der Waals surface area contributed by atoms with E-state index in [4.69, 9.17) is 0 Å². The van der Waals surface area contributed by atoms with E-state index in [-0.39, 0.29) is 6.42 Å². The fourth-order valence-corrected chi connectivity index (χ4v) is 3.78. The van der Waals surface area contributed by atoms with E-state index in [0.29, 0.717) is 6.42 Å². The molecule has 0 bridgehead atoms. The quantitative estimate of drug-likeness (QED) is 0.887. The maximum absolute atomic E-state index is 12.5. The Balaban J connectivity index is 2.27. The molecule has 18 heavy (non-hydrogen) atoms. The molecule has 0 aliphatic carbocycles. The van der Waals surface area contributed by atoms with Crippen molar-refractivity contribution in [3.63, 3.8) is 0 Å². The average Bonchev–Trinajstić information content (AvgIpc) is 2.28. The molecule has 0 saturated carbocycles. The lowest BCUT2D eigenvalue weighted by molar-refractivity contribution is -0.209. The van der Waals surface area contributed by atoms with E-state index < -0.39 is 17.7 Å². The Morgan fingerprint density at radius 1 is 1.39 bits per heavy atom. The van der Waals surface area contributed by atoms with E-state index in [1.165, 1.54) is 0 Å². The molecule has 1 heterocycles. The Bertz CT molecular complexity index is 432. The van der Waals surface area contributed by atoms with Crippen LogP contribution in [0.1, 0.15) is 25.3 Å². The van der Waals surface area contributed by atoms with Crippen molar-refractivity contribution in [3.8, 4) is 0 Å². The number of aliphatic hydroxyl groups excluding tert-OH is 1. The number of aliphatic hydroxyl groups is 1. The van der Waals surface area contributed by atoms with Crippen molar-refractivity contribution < 1.29 is 18.3 Å². The lowest BCUT2D eigenvalue weighted by atomic mass is 9.75. The van der Waals surface area contributed by atoms with Crippen LogP contribution < -0.4 is 0 Å². The third kappa shape index (κ3) is 2.67. The van der Waals surface area contributed by atoms with Gasteiger partial charge in [0.25, 0.3) is 0 Å². The summed E-state index contributed by atoms with van der Waals surface area (Å²) < 4.78 is 37.5. The zero-order chi connectivity index (χ0) is 13.4. The van der Waals surface area contributed by atoms with Crippen molar-refractivity contribution in [1.82, 2.24) is 0 Å². The molecule has 0 fully saturated rings. The van der Waals surface area contributed by atoms with Crippen LogP contribution >= 0.6 is 11.8 Å². The van der Waals surface area contributed by atoms with E-state index in [1.807, 2.05) is 24.3 Å². The molecule has 2 atom stereocenters. The average molecular weight is 276 g/mol. The van der Waals surface area contributed by atoms with Gasteiger partial charge < -0.3 is 5.11 Å². The van der Waals surface area contributed by atoms with Gasteiger partial charge in [0.1, 0.15) is 0 Å². The third-order valence-electron chi connectivity index (χ3n) is 3.47. The van der Waals surface area contributed by atoms with Gasteiger partial charge in [0.05, 0.1) is 0 Å². The first-order valence-corrected chi connectivity index (χ1v) is 6.78. The van der Waals surface area contributed by atoms with Crippen LogP contribution in [0.4, 0.5) is 13.2 Å². The van der Waals surface area contributed by atoms with Gasteiger partial charge >= 0.3 is 6.18 Å². The van der Waals surface area contributed by atoms with E-state index in [2.05, 4.69) is 0 Å². The van der Waals surface area contributed by atoms with Gasteiger partial charge in [0, 0.05) is 4.90 Å². The van der Waals surface area contributed by atoms with Gasteiger partial charge in [0.15, 0.2) is 6.10 Å². The fourth-order valence-electron chi connectivity index (χ4n) is 2.37. The predicted molar refractivity (Wildman–Crippen MR) is 65.8 cm³/mol. The monoisotopic (exact) mass is 276 g/mol. The third-order valence-corrected chi connectivity index (χ3v) is 4.55. The highest BCUT2D eigenvalue weighted by Gasteiger charge is 2.44. The van der Waals surface area contributed by atoms with Gasteiger partial charge in [-0.15, -0.1) is 11.8 Å². The minimum atomic E-state index is -4.54. The summed E-state index contributed by atoms with van der Waals surface area (Å²) in [6.45, 7) is 1.81. The molecule has 2 rings (SSSR count). The zero-order valence-corrected chi connectivity index (χ0v) is 10.8. The highest BCUT2D eigenvalue weighted by atomic mass is 32.2. The number of alkyl halides is 3. The molecule has 1 aromatic rings. The lowest BCUT2D eigenvalue weighted by Crippen LogP contribution is -2.38. The van der Waals surface area contributed by atoms with Crippen LogP contribution in [0.25, 0.3) is 0 Å². The second-order valence-electron chi connectivity index (χ2n) is 4.92. The summed E-state index contributed by atoms with van der Waals surface area (Å²) in [5.74, 6) is 0.790. The molecule has 100 valence electrons. The van der Waals surface area contributed by atoms with Gasteiger partial charge in [-0.05, 0) is 35.6 Å². The Hall–Kier alpha value is -0.680. The number of halogens is 3. The highest BCUT2D eigenvalue weighted by molar-refractivity contribution is 7.99. The molecule has 0 radical (unpaired) electrons. The molecular formula is C13H15F3OS. The van der Waals surface area contributed by atoms with Gasteiger partial charge in [-0.3, -0.25) is 0 Å². The van der Waals surface area contributed by atoms with Crippen molar-refractivity contribution in [1.29, 1.82) is 0 Å². The van der Waals surface area contributed by atoms with Crippen molar-refractivity contribution in [2.45, 2.75) is 42.4 Å². The summed E-state index contributed by atoms with van der Waals surface area (Å²) in [4.78, 5) is 1.03. The van der Waals surface area contributed by atoms with Crippen LogP contribution in [0.2, 0.25) is 0 Å². The first-order valence-electron chi connectivity index (χ1n) is 5.80. The molecule has 1 nitrogen and oxygen atoms in total. The maximum Gasteiger partial charge on any atom is 0.414 e. The molecular weight excluding hydrogens is 261 g/mol. The number of rotatable bonds is 2. The Kier molecular flexibility index (Phi) is 3.65. The maximum atomic E-state index is 12.5. The van der Waals surface area contributed by atoms with Gasteiger partial charge in [-0.2, -0.15) is 13.2 Å². The molecule has 0 saturated heterocycles. The second-order valence-corrected chi connectivity index (χ2v) is 6.05. The number of thioether (sulfide) groups is 1. The van der Waals surface area contributed by atoms with Crippen LogP contribution in [0.15, 0.2) is 29.2 Å². The zero-order valence-electron chi connectivity index (χ0n) is 10.00. The number of fused-ring (bicyclic) bond motifs is 1. The molecule has 1 aromatic carbocycles. The minimum Gasteiger partial charge on any atom is -0.384 e. The first-order chi connectivity index (χ1) is 8.33. The summed E-state index contributed by atoms with van der Waals surface area (Å²) >= 11 is 1.66. The van der Waals surface area contributed by atoms with E-state index in [1.54, 1.807) is 18.7 Å². The van der Waals surface area contributed by atoms with Crippen molar-refractivity contribution in [2.24, 2.45) is 0 Å². The largest absolute Gasteiger partial charge is 0.414 e. The summed E-state index contributed by atoms with van der Waals surface area (Å²) in [7, 11) is 0. The Morgan fingerprint density at radius 3 is 2.72 bits per heavy atom. The van der Waals surface area contributed by atoms with Crippen molar-refractivity contribution >= 4 is 11.8 Å². The van der Waals surface area contributed by atoms with Crippen LogP contribution in [0.3, 0.4) is 0 Å². The van der Waals surface area contributed by atoms with Crippen LogP contribution in [-0.4, -0.2) is 23.1 Å². The van der Waals surface area contributed by atoms with Gasteiger partial charge in [0.2, 0.25) is 0 Å². The number of hydrogen-bond donors (Lipinski definition) is 1. The van der Waals surface area contributed by atoms with E-state index in [0.717, 1.165) is 16.2 Å². The van der Waals surface area contributed by atoms with Gasteiger partial charge in [-0.1, -0.05) is 25.1 Å². The summed E-state index contributed by atoms with van der Waals surface area (Å²) in [6.07, 6.45) is -6.41. The molecule has 1 N–H and O–H groups in total. The Morgan fingerprint density at radius 2 is 2.06 bits per heavy atom. The molecule has 1 aliphatic heterocycles. The second kappa shape index (κ2) is 4.78. The molecule has 5 heteroatoms. The molecule has 0 spiro atoms. The molecule has 0 amide bonds. The molecule has 1 aliphatic rings. The normalized spacial score (nSPS) is 25.6. The molecule has 2 unspecified atom stereocenters. The topological polar surface area (TPSA) is 20.2 Å². The van der Waals surface area contributed by atoms with Gasteiger partial charge in [-0.25, -0.2) is 0 Å². The van der Waals surface area contributed by atoms with E-state index in [9.17, 15) is 18.3 Å². The van der Waals surface area contributed by atoms with Crippen LogP contribution in [-0.2, 0) is 5.41 Å². The van der Waals surface area contributed by atoms with Crippen LogP contribution in [0.5, 0.6) is 0 Å². The standard InChI is InChI=1S/C13H15F3OS/c1-12(8-11(17)13(14,15)16)6-7-18-10-5-3-2-4-9(10)12/h2-5,11,17H,6-8H2,1H3. The predicted octanol–water partition coefficient (Wildman–Crippen LogP) is 3.75. The molecule has 0 aromatic heterocycles. The summed E-state index contributed by atoms with van der Waals surface area (Å²) in [5.41, 5.74) is 0.320. The summed E-state index contributed by atoms with van der Waals surface area (Å²) in [6, 6.07) is 7.52. The van der Waals surface area contributed by atoms with Crippen LogP contribution in [0, 0.1) is 0 Å². The smallest absolute Gasteiger partial charge is 0.384 e. The summed E-state index contributed by atoms with van der Waals surface area (Å²) in [5, 5.41) is 9.30. The van der Waals surface area contributed by atoms with Crippen molar-refractivity contribution in [3.05, 3.63) is 29.8 Å². The highest BCUT2D eigenvalue weighted by Crippen LogP contribution is 2.45. The fraction of sp³-hybridized carbons (Fsp3) is 0.538. The first kappa shape index (κ1) is 13.7. The van der Waals surface area contributed by atoms with E-state index >= 15 is 0 Å². The lowest BCUT2D eigenvalue weighted by Gasteiger charge is -2.37. The van der Waals surface area contributed by atoms with Crippen molar-refractivity contribution in [2.75, 3.05) is 5.75 Å².